The normalized spacial score (nSPS) is 18.7. The van der Waals surface area contributed by atoms with Gasteiger partial charge in [0.25, 0.3) is 0 Å². The van der Waals surface area contributed by atoms with Crippen LogP contribution in [-0.4, -0.2) is 23.9 Å². The number of rotatable bonds is 6. The highest BCUT2D eigenvalue weighted by Crippen LogP contribution is 2.26. The van der Waals surface area contributed by atoms with Crippen LogP contribution in [0, 0.1) is 5.82 Å². The van der Waals surface area contributed by atoms with E-state index in [4.69, 9.17) is 5.73 Å². The Morgan fingerprint density at radius 3 is 2.68 bits per heavy atom. The Bertz CT molecular complexity index is 428. The summed E-state index contributed by atoms with van der Waals surface area (Å²) in [6.07, 6.45) is 4.83. The molecule has 1 unspecified atom stereocenters. The third kappa shape index (κ3) is 3.46. The van der Waals surface area contributed by atoms with Gasteiger partial charge in [-0.15, -0.1) is 0 Å². The molecule has 0 radical (unpaired) electrons. The molecule has 2 rings (SSSR count). The SMILES string of the molecule is CCCCCCN1C(N)=NCC1c1ccc(F)cc1. The molecule has 0 saturated carbocycles. The number of benzene rings is 1. The fraction of sp³-hybridized carbons (Fsp3) is 0.533. The second-order valence-electron chi connectivity index (χ2n) is 5.02. The van der Waals surface area contributed by atoms with Crippen LogP contribution in [0.5, 0.6) is 0 Å². The van der Waals surface area contributed by atoms with Crippen molar-refractivity contribution in [3.63, 3.8) is 0 Å². The van der Waals surface area contributed by atoms with E-state index in [9.17, 15) is 4.39 Å². The van der Waals surface area contributed by atoms with E-state index in [1.807, 2.05) is 12.1 Å². The molecule has 0 saturated heterocycles. The molecular formula is C15H22FN3. The first kappa shape index (κ1) is 13.8. The molecule has 1 heterocycles. The molecule has 1 aliphatic heterocycles. The van der Waals surface area contributed by atoms with Gasteiger partial charge in [-0.1, -0.05) is 38.3 Å². The van der Waals surface area contributed by atoms with Gasteiger partial charge in [-0.25, -0.2) is 4.39 Å². The van der Waals surface area contributed by atoms with Crippen molar-refractivity contribution in [2.24, 2.45) is 10.7 Å². The highest BCUT2D eigenvalue weighted by molar-refractivity contribution is 5.80. The fourth-order valence-corrected chi connectivity index (χ4v) is 2.48. The van der Waals surface area contributed by atoms with Crippen LogP contribution in [0.15, 0.2) is 29.3 Å². The van der Waals surface area contributed by atoms with Gasteiger partial charge >= 0.3 is 0 Å². The van der Waals surface area contributed by atoms with Gasteiger partial charge in [-0.2, -0.15) is 0 Å². The van der Waals surface area contributed by atoms with Crippen LogP contribution in [-0.2, 0) is 0 Å². The maximum Gasteiger partial charge on any atom is 0.191 e. The number of unbranched alkanes of at least 4 members (excludes halogenated alkanes) is 3. The van der Waals surface area contributed by atoms with E-state index in [0.717, 1.165) is 18.5 Å². The third-order valence-corrected chi connectivity index (χ3v) is 3.60. The highest BCUT2D eigenvalue weighted by Gasteiger charge is 2.26. The molecule has 1 atom stereocenters. The number of aliphatic imine (C=N–C) groups is 1. The number of nitrogens with zero attached hydrogens (tertiary/aromatic N) is 2. The summed E-state index contributed by atoms with van der Waals surface area (Å²) >= 11 is 0. The molecule has 2 N–H and O–H groups in total. The fourth-order valence-electron chi connectivity index (χ4n) is 2.48. The maximum atomic E-state index is 13.0. The van der Waals surface area contributed by atoms with Gasteiger partial charge in [-0.05, 0) is 24.1 Å². The molecule has 1 aromatic rings. The maximum absolute atomic E-state index is 13.0. The van der Waals surface area contributed by atoms with Crippen molar-refractivity contribution >= 4 is 5.96 Å². The highest BCUT2D eigenvalue weighted by atomic mass is 19.1. The summed E-state index contributed by atoms with van der Waals surface area (Å²) in [6, 6.07) is 6.82. The Kier molecular flexibility index (Phi) is 4.77. The van der Waals surface area contributed by atoms with Crippen LogP contribution in [0.1, 0.15) is 44.2 Å². The zero-order valence-electron chi connectivity index (χ0n) is 11.5. The Labute approximate surface area is 114 Å². The zero-order valence-corrected chi connectivity index (χ0v) is 11.5. The first-order valence-electron chi connectivity index (χ1n) is 7.04. The van der Waals surface area contributed by atoms with E-state index in [1.165, 1.54) is 31.4 Å². The van der Waals surface area contributed by atoms with Gasteiger partial charge in [0.2, 0.25) is 0 Å². The molecule has 0 aliphatic carbocycles. The van der Waals surface area contributed by atoms with Crippen LogP contribution in [0.2, 0.25) is 0 Å². The van der Waals surface area contributed by atoms with Gasteiger partial charge in [0.15, 0.2) is 5.96 Å². The van der Waals surface area contributed by atoms with Gasteiger partial charge in [0.1, 0.15) is 5.82 Å². The average Bonchev–Trinajstić information content (AvgIpc) is 2.77. The summed E-state index contributed by atoms with van der Waals surface area (Å²) in [6.45, 7) is 3.80. The Balaban J connectivity index is 1.98. The molecule has 19 heavy (non-hydrogen) atoms. The summed E-state index contributed by atoms with van der Waals surface area (Å²) in [5.41, 5.74) is 7.04. The predicted octanol–water partition coefficient (Wildman–Crippen LogP) is 3.08. The lowest BCUT2D eigenvalue weighted by atomic mass is 10.1. The summed E-state index contributed by atoms with van der Waals surface area (Å²) in [4.78, 5) is 6.47. The minimum atomic E-state index is -0.204. The van der Waals surface area contributed by atoms with Crippen LogP contribution in [0.3, 0.4) is 0 Å². The van der Waals surface area contributed by atoms with Crippen molar-refractivity contribution in [2.45, 2.75) is 38.6 Å². The smallest absolute Gasteiger partial charge is 0.191 e. The monoisotopic (exact) mass is 263 g/mol. The lowest BCUT2D eigenvalue weighted by Crippen LogP contribution is -2.36. The summed E-state index contributed by atoms with van der Waals surface area (Å²) < 4.78 is 13.0. The quantitative estimate of drug-likeness (QED) is 0.801. The minimum absolute atomic E-state index is 0.169. The second kappa shape index (κ2) is 6.55. The standard InChI is InChI=1S/C15H22FN3/c1-2-3-4-5-10-19-14(11-18-15(19)17)12-6-8-13(16)9-7-12/h6-9,14H,2-5,10-11H2,1H3,(H2,17,18). The average molecular weight is 263 g/mol. The number of halogens is 1. The predicted molar refractivity (Wildman–Crippen MR) is 76.5 cm³/mol. The molecule has 1 aromatic carbocycles. The van der Waals surface area contributed by atoms with Gasteiger partial charge in [0.05, 0.1) is 12.6 Å². The number of nitrogens with two attached hydrogens (primary N) is 1. The second-order valence-corrected chi connectivity index (χ2v) is 5.02. The van der Waals surface area contributed by atoms with E-state index in [-0.39, 0.29) is 11.9 Å². The minimum Gasteiger partial charge on any atom is -0.370 e. The Hall–Kier alpha value is -1.58. The molecular weight excluding hydrogens is 241 g/mol. The number of guanidine groups is 1. The van der Waals surface area contributed by atoms with Crippen LogP contribution < -0.4 is 5.73 Å². The molecule has 0 bridgehead atoms. The van der Waals surface area contributed by atoms with E-state index in [1.54, 1.807) is 0 Å². The van der Waals surface area contributed by atoms with Crippen LogP contribution in [0.4, 0.5) is 4.39 Å². The zero-order chi connectivity index (χ0) is 13.7. The largest absolute Gasteiger partial charge is 0.370 e. The molecule has 1 aliphatic rings. The molecule has 4 heteroatoms. The molecule has 0 aromatic heterocycles. The van der Waals surface area contributed by atoms with Crippen molar-refractivity contribution in [3.05, 3.63) is 35.6 Å². The number of hydrogen-bond acceptors (Lipinski definition) is 3. The molecule has 104 valence electrons. The Morgan fingerprint density at radius 1 is 1.26 bits per heavy atom. The summed E-state index contributed by atoms with van der Waals surface area (Å²) in [5, 5.41) is 0. The van der Waals surface area contributed by atoms with Crippen molar-refractivity contribution in [1.82, 2.24) is 4.90 Å². The van der Waals surface area contributed by atoms with E-state index < -0.39 is 0 Å². The first-order valence-corrected chi connectivity index (χ1v) is 7.04. The molecule has 0 spiro atoms. The van der Waals surface area contributed by atoms with Gasteiger partial charge in [0, 0.05) is 6.54 Å². The summed E-state index contributed by atoms with van der Waals surface area (Å²) in [5.74, 6) is 0.413. The lowest BCUT2D eigenvalue weighted by molar-refractivity contribution is 0.337. The number of hydrogen-bond donors (Lipinski definition) is 1. The van der Waals surface area contributed by atoms with E-state index in [2.05, 4.69) is 16.8 Å². The van der Waals surface area contributed by atoms with Gasteiger partial charge in [-0.3, -0.25) is 4.99 Å². The van der Waals surface area contributed by atoms with Crippen molar-refractivity contribution in [2.75, 3.05) is 13.1 Å². The van der Waals surface area contributed by atoms with Gasteiger partial charge < -0.3 is 10.6 Å². The lowest BCUT2D eigenvalue weighted by Gasteiger charge is -2.26. The first-order chi connectivity index (χ1) is 9.22. The van der Waals surface area contributed by atoms with E-state index >= 15 is 0 Å². The van der Waals surface area contributed by atoms with Crippen molar-refractivity contribution in [3.8, 4) is 0 Å². The molecule has 0 fully saturated rings. The Morgan fingerprint density at radius 2 is 2.00 bits per heavy atom. The van der Waals surface area contributed by atoms with Crippen molar-refractivity contribution in [1.29, 1.82) is 0 Å². The van der Waals surface area contributed by atoms with Crippen molar-refractivity contribution < 1.29 is 4.39 Å². The molecule has 3 nitrogen and oxygen atoms in total. The van der Waals surface area contributed by atoms with Crippen LogP contribution >= 0.6 is 0 Å². The van der Waals surface area contributed by atoms with E-state index in [0.29, 0.717) is 12.5 Å². The van der Waals surface area contributed by atoms with Crippen LogP contribution in [0.25, 0.3) is 0 Å². The summed E-state index contributed by atoms with van der Waals surface area (Å²) in [7, 11) is 0. The molecule has 0 amide bonds. The topological polar surface area (TPSA) is 41.6 Å². The third-order valence-electron chi connectivity index (χ3n) is 3.60.